The number of ketones is 1. The third-order valence-electron chi connectivity index (χ3n) is 6.28. The quantitative estimate of drug-likeness (QED) is 0.201. The number of amides is 1. The van der Waals surface area contributed by atoms with E-state index in [-0.39, 0.29) is 23.6 Å². The standard InChI is InChI=1S/C25H27N3O7/c1-34-20-8-6-17(7-9-20)23(29)21-22(18-4-2-5-19(16-18)28(32)33)27(25(31)24(21)30)11-3-10-26-12-14-35-15-13-26/h2,4-9,16,22,29H,3,10-15H2,1H3/t22-/m0/s1. The lowest BCUT2D eigenvalue weighted by atomic mass is 9.95. The maximum Gasteiger partial charge on any atom is 0.295 e. The molecule has 10 heteroatoms. The molecule has 0 unspecified atom stereocenters. The van der Waals surface area contributed by atoms with Gasteiger partial charge in [0.1, 0.15) is 11.5 Å². The van der Waals surface area contributed by atoms with Crippen LogP contribution in [-0.4, -0.2) is 78.0 Å². The predicted molar refractivity (Wildman–Crippen MR) is 127 cm³/mol. The molecule has 0 bridgehead atoms. The van der Waals surface area contributed by atoms with E-state index in [9.17, 15) is 24.8 Å². The van der Waals surface area contributed by atoms with E-state index < -0.39 is 22.7 Å². The van der Waals surface area contributed by atoms with Gasteiger partial charge in [-0.3, -0.25) is 24.6 Å². The number of non-ortho nitro benzene ring substituents is 1. The Hall–Kier alpha value is -3.76. The van der Waals surface area contributed by atoms with Crippen molar-refractivity contribution >= 4 is 23.1 Å². The zero-order chi connectivity index (χ0) is 24.9. The van der Waals surface area contributed by atoms with E-state index >= 15 is 0 Å². The molecule has 0 spiro atoms. The number of methoxy groups -OCH3 is 1. The van der Waals surface area contributed by atoms with Gasteiger partial charge in [-0.2, -0.15) is 0 Å². The van der Waals surface area contributed by atoms with Crippen molar-refractivity contribution in [1.29, 1.82) is 0 Å². The first kappa shape index (κ1) is 24.4. The fourth-order valence-electron chi connectivity index (χ4n) is 4.46. The van der Waals surface area contributed by atoms with Crippen LogP contribution in [0.25, 0.3) is 5.76 Å². The summed E-state index contributed by atoms with van der Waals surface area (Å²) in [4.78, 5) is 40.7. The van der Waals surface area contributed by atoms with E-state index in [1.807, 2.05) is 0 Å². The first-order chi connectivity index (χ1) is 16.9. The molecule has 2 aliphatic rings. The molecule has 4 rings (SSSR count). The van der Waals surface area contributed by atoms with Crippen LogP contribution in [0.5, 0.6) is 5.75 Å². The van der Waals surface area contributed by atoms with Gasteiger partial charge in [0.25, 0.3) is 17.4 Å². The van der Waals surface area contributed by atoms with Crippen LogP contribution in [0.4, 0.5) is 5.69 Å². The number of ether oxygens (including phenoxy) is 2. The highest BCUT2D eigenvalue weighted by molar-refractivity contribution is 6.46. The molecule has 10 nitrogen and oxygen atoms in total. The number of hydrogen-bond donors (Lipinski definition) is 1. The number of rotatable bonds is 8. The summed E-state index contributed by atoms with van der Waals surface area (Å²) in [5.41, 5.74) is 0.477. The van der Waals surface area contributed by atoms with E-state index in [4.69, 9.17) is 9.47 Å². The molecule has 1 N–H and O–H groups in total. The molecule has 0 aliphatic carbocycles. The molecule has 1 atom stereocenters. The molecule has 184 valence electrons. The normalized spacial score (nSPS) is 20.3. The Kier molecular flexibility index (Phi) is 7.42. The number of hydrogen-bond acceptors (Lipinski definition) is 8. The highest BCUT2D eigenvalue weighted by atomic mass is 16.6. The molecule has 35 heavy (non-hydrogen) atoms. The number of nitrogens with zero attached hydrogens (tertiary/aromatic N) is 3. The Bertz CT molecular complexity index is 1140. The fourth-order valence-corrected chi connectivity index (χ4v) is 4.46. The maximum absolute atomic E-state index is 13.1. The molecule has 0 saturated carbocycles. The van der Waals surface area contributed by atoms with E-state index in [2.05, 4.69) is 4.90 Å². The average molecular weight is 482 g/mol. The SMILES string of the molecule is COc1ccc(C(O)=C2C(=O)C(=O)N(CCCN3CCOCC3)[C@H]2c2cccc([N+](=O)[O-])c2)cc1. The molecule has 2 saturated heterocycles. The van der Waals surface area contributed by atoms with Gasteiger partial charge in [0.05, 0.1) is 36.9 Å². The highest BCUT2D eigenvalue weighted by Gasteiger charge is 2.46. The number of likely N-dealkylation sites (tertiary alicyclic amines) is 1. The number of morpholine rings is 1. The van der Waals surface area contributed by atoms with Crippen LogP contribution in [0.2, 0.25) is 0 Å². The van der Waals surface area contributed by atoms with Crippen LogP contribution in [0, 0.1) is 10.1 Å². The minimum absolute atomic E-state index is 0.0907. The Morgan fingerprint density at radius 2 is 1.86 bits per heavy atom. The molecular formula is C25H27N3O7. The van der Waals surface area contributed by atoms with Crippen LogP contribution in [-0.2, 0) is 14.3 Å². The monoisotopic (exact) mass is 481 g/mol. The van der Waals surface area contributed by atoms with E-state index in [1.165, 1.54) is 30.2 Å². The van der Waals surface area contributed by atoms with Crippen molar-refractivity contribution in [3.8, 4) is 5.75 Å². The minimum Gasteiger partial charge on any atom is -0.507 e. The number of nitro benzene ring substituents is 1. The molecule has 2 aliphatic heterocycles. The van der Waals surface area contributed by atoms with Crippen molar-refractivity contribution in [3.05, 3.63) is 75.3 Å². The number of carbonyl (C=O) groups is 2. The molecule has 0 aromatic heterocycles. The average Bonchev–Trinajstić information content (AvgIpc) is 3.14. The van der Waals surface area contributed by atoms with Crippen molar-refractivity contribution in [3.63, 3.8) is 0 Å². The van der Waals surface area contributed by atoms with Crippen LogP contribution < -0.4 is 4.74 Å². The molecular weight excluding hydrogens is 454 g/mol. The summed E-state index contributed by atoms with van der Waals surface area (Å²) in [6, 6.07) is 11.3. The van der Waals surface area contributed by atoms with Crippen molar-refractivity contribution in [2.75, 3.05) is 46.5 Å². The Morgan fingerprint density at radius 1 is 1.14 bits per heavy atom. The van der Waals surface area contributed by atoms with Crippen molar-refractivity contribution in [2.45, 2.75) is 12.5 Å². The predicted octanol–water partition coefficient (Wildman–Crippen LogP) is 2.75. The number of nitro groups is 1. The Labute approximate surface area is 202 Å². The van der Waals surface area contributed by atoms with Gasteiger partial charge in [0, 0.05) is 43.9 Å². The second-order valence-corrected chi connectivity index (χ2v) is 8.38. The molecule has 0 radical (unpaired) electrons. The summed E-state index contributed by atoms with van der Waals surface area (Å²) in [5.74, 6) is -1.32. The molecule has 2 heterocycles. The summed E-state index contributed by atoms with van der Waals surface area (Å²) in [7, 11) is 1.51. The van der Waals surface area contributed by atoms with Crippen LogP contribution >= 0.6 is 0 Å². The van der Waals surface area contributed by atoms with Crippen LogP contribution in [0.3, 0.4) is 0 Å². The molecule has 2 aromatic carbocycles. The third kappa shape index (κ3) is 5.18. The van der Waals surface area contributed by atoms with Crippen molar-refractivity contribution < 1.29 is 29.1 Å². The minimum atomic E-state index is -0.943. The van der Waals surface area contributed by atoms with Gasteiger partial charge in [0.2, 0.25) is 0 Å². The number of aliphatic hydroxyl groups is 1. The van der Waals surface area contributed by atoms with Gasteiger partial charge in [0.15, 0.2) is 0 Å². The summed E-state index contributed by atoms with van der Waals surface area (Å²) in [6.07, 6.45) is 0.598. The lowest BCUT2D eigenvalue weighted by Gasteiger charge is -2.29. The summed E-state index contributed by atoms with van der Waals surface area (Å²) in [6.45, 7) is 3.87. The zero-order valence-corrected chi connectivity index (χ0v) is 19.4. The van der Waals surface area contributed by atoms with Gasteiger partial charge in [-0.05, 0) is 36.2 Å². The number of Topliss-reactive ketones (excluding diaryl/α,β-unsaturated/α-hetero) is 1. The van der Waals surface area contributed by atoms with Crippen LogP contribution in [0.15, 0.2) is 54.1 Å². The largest absolute Gasteiger partial charge is 0.507 e. The fraction of sp³-hybridized carbons (Fsp3) is 0.360. The van der Waals surface area contributed by atoms with Crippen molar-refractivity contribution in [2.24, 2.45) is 0 Å². The van der Waals surface area contributed by atoms with E-state index in [0.717, 1.165) is 13.1 Å². The smallest absolute Gasteiger partial charge is 0.295 e. The van der Waals surface area contributed by atoms with Gasteiger partial charge >= 0.3 is 0 Å². The summed E-state index contributed by atoms with van der Waals surface area (Å²) < 4.78 is 10.5. The van der Waals surface area contributed by atoms with Gasteiger partial charge in [-0.15, -0.1) is 0 Å². The molecule has 2 fully saturated rings. The molecule has 1 amide bonds. The maximum atomic E-state index is 13.1. The number of benzene rings is 2. The van der Waals surface area contributed by atoms with Gasteiger partial charge in [-0.1, -0.05) is 12.1 Å². The number of carbonyl (C=O) groups excluding carboxylic acids is 2. The second kappa shape index (κ2) is 10.7. The lowest BCUT2D eigenvalue weighted by molar-refractivity contribution is -0.384. The highest BCUT2D eigenvalue weighted by Crippen LogP contribution is 2.40. The zero-order valence-electron chi connectivity index (χ0n) is 19.4. The second-order valence-electron chi connectivity index (χ2n) is 8.38. The first-order valence-electron chi connectivity index (χ1n) is 11.4. The first-order valence-corrected chi connectivity index (χ1v) is 11.4. The van der Waals surface area contributed by atoms with Gasteiger partial charge < -0.3 is 19.5 Å². The Morgan fingerprint density at radius 3 is 2.51 bits per heavy atom. The third-order valence-corrected chi connectivity index (χ3v) is 6.28. The van der Waals surface area contributed by atoms with E-state index in [1.54, 1.807) is 30.3 Å². The Balaban J connectivity index is 1.70. The number of aliphatic hydroxyl groups excluding tert-OH is 1. The topological polar surface area (TPSA) is 122 Å². The van der Waals surface area contributed by atoms with Gasteiger partial charge in [-0.25, -0.2) is 0 Å². The van der Waals surface area contributed by atoms with Crippen molar-refractivity contribution in [1.82, 2.24) is 9.80 Å². The summed E-state index contributed by atoms with van der Waals surface area (Å²) >= 11 is 0. The van der Waals surface area contributed by atoms with E-state index in [0.29, 0.717) is 43.1 Å². The summed E-state index contributed by atoms with van der Waals surface area (Å²) in [5, 5.41) is 22.5. The lowest BCUT2D eigenvalue weighted by Crippen LogP contribution is -2.39. The van der Waals surface area contributed by atoms with Crippen LogP contribution in [0.1, 0.15) is 23.6 Å². The molecule has 2 aromatic rings.